The first-order valence-electron chi connectivity index (χ1n) is 11.2. The number of anilines is 1. The average molecular weight is 522 g/mol. The van der Waals surface area contributed by atoms with Gasteiger partial charge in [-0.25, -0.2) is 17.4 Å². The van der Waals surface area contributed by atoms with Gasteiger partial charge in [-0.05, 0) is 48.7 Å². The third kappa shape index (κ3) is 4.67. The third-order valence-corrected chi connectivity index (χ3v) is 7.93. The highest BCUT2D eigenvalue weighted by Gasteiger charge is 2.38. The van der Waals surface area contributed by atoms with Gasteiger partial charge in [0.25, 0.3) is 5.91 Å². The van der Waals surface area contributed by atoms with Crippen LogP contribution in [0.3, 0.4) is 0 Å². The number of rotatable bonds is 6. The Morgan fingerprint density at radius 2 is 1.83 bits per heavy atom. The molecule has 36 heavy (non-hydrogen) atoms. The molecule has 1 aliphatic rings. The van der Waals surface area contributed by atoms with E-state index in [1.54, 1.807) is 19.3 Å². The second-order valence-corrected chi connectivity index (χ2v) is 11.3. The Kier molecular flexibility index (Phi) is 6.19. The molecule has 9 nitrogen and oxygen atoms in total. The first-order valence-corrected chi connectivity index (χ1v) is 13.9. The maximum Gasteiger partial charge on any atom is 0.256 e. The van der Waals surface area contributed by atoms with Crippen molar-refractivity contribution in [1.82, 2.24) is 18.8 Å². The van der Waals surface area contributed by atoms with E-state index in [0.717, 1.165) is 32.6 Å². The van der Waals surface area contributed by atoms with Gasteiger partial charge in [0.05, 0.1) is 17.5 Å². The number of benzene rings is 1. The van der Waals surface area contributed by atoms with Crippen molar-refractivity contribution in [1.29, 1.82) is 0 Å². The van der Waals surface area contributed by atoms with Crippen molar-refractivity contribution >= 4 is 38.3 Å². The minimum atomic E-state index is -3.51. The van der Waals surface area contributed by atoms with Crippen LogP contribution in [0.4, 0.5) is 5.13 Å². The van der Waals surface area contributed by atoms with Gasteiger partial charge in [-0.1, -0.05) is 18.2 Å². The maximum atomic E-state index is 12.9. The van der Waals surface area contributed by atoms with Gasteiger partial charge >= 0.3 is 0 Å². The van der Waals surface area contributed by atoms with Crippen molar-refractivity contribution in [2.45, 2.75) is 19.4 Å². The molecule has 0 spiro atoms. The Balaban J connectivity index is 1.28. The lowest BCUT2D eigenvalue weighted by molar-refractivity contribution is -0.123. The van der Waals surface area contributed by atoms with E-state index in [2.05, 4.69) is 15.3 Å². The monoisotopic (exact) mass is 521 g/mol. The molecule has 5 rings (SSSR count). The molecule has 1 saturated heterocycles. The van der Waals surface area contributed by atoms with E-state index in [0.29, 0.717) is 23.8 Å². The van der Waals surface area contributed by atoms with Gasteiger partial charge in [-0.2, -0.15) is 0 Å². The van der Waals surface area contributed by atoms with Crippen molar-refractivity contribution in [2.24, 2.45) is 0 Å². The van der Waals surface area contributed by atoms with Gasteiger partial charge in [0, 0.05) is 41.8 Å². The largest absolute Gasteiger partial charge is 0.326 e. The highest BCUT2D eigenvalue weighted by atomic mass is 32.2. The fourth-order valence-corrected chi connectivity index (χ4v) is 5.76. The average Bonchev–Trinajstić information content (AvgIpc) is 3.45. The molecule has 11 heteroatoms. The molecule has 2 amide bonds. The van der Waals surface area contributed by atoms with Crippen molar-refractivity contribution in [3.8, 4) is 22.4 Å². The second-order valence-electron chi connectivity index (χ2n) is 8.58. The minimum absolute atomic E-state index is 0.237. The fraction of sp³-hybridized carbons (Fsp3) is 0.200. The van der Waals surface area contributed by atoms with Crippen LogP contribution in [0.25, 0.3) is 22.4 Å². The molecule has 0 radical (unpaired) electrons. The van der Waals surface area contributed by atoms with E-state index in [9.17, 15) is 18.0 Å². The van der Waals surface area contributed by atoms with Gasteiger partial charge < -0.3 is 10.2 Å². The van der Waals surface area contributed by atoms with Crippen molar-refractivity contribution in [2.75, 3.05) is 18.1 Å². The summed E-state index contributed by atoms with van der Waals surface area (Å²) in [4.78, 5) is 35.9. The number of pyridine rings is 1. The van der Waals surface area contributed by atoms with Crippen LogP contribution in [-0.2, 0) is 14.8 Å². The number of carbonyl (C=O) groups is 2. The zero-order valence-corrected chi connectivity index (χ0v) is 21.2. The summed E-state index contributed by atoms with van der Waals surface area (Å²) in [6.07, 6.45) is 6.39. The van der Waals surface area contributed by atoms with E-state index in [-0.39, 0.29) is 17.4 Å². The van der Waals surface area contributed by atoms with Crippen LogP contribution in [0.5, 0.6) is 0 Å². The summed E-state index contributed by atoms with van der Waals surface area (Å²) >= 11 is 1.31. The molecule has 1 N–H and O–H groups in total. The predicted molar refractivity (Wildman–Crippen MR) is 138 cm³/mol. The number of amides is 2. The minimum Gasteiger partial charge on any atom is -0.326 e. The van der Waals surface area contributed by atoms with E-state index in [1.807, 2.05) is 41.8 Å². The highest BCUT2D eigenvalue weighted by molar-refractivity contribution is 7.89. The molecule has 4 heterocycles. The van der Waals surface area contributed by atoms with Gasteiger partial charge in [0.2, 0.25) is 15.9 Å². The van der Waals surface area contributed by atoms with Crippen LogP contribution in [0, 0.1) is 6.92 Å². The van der Waals surface area contributed by atoms with E-state index in [4.69, 9.17) is 0 Å². The smallest absolute Gasteiger partial charge is 0.256 e. The molecule has 1 atom stereocenters. The number of nitrogens with zero attached hydrogens (tertiary/aromatic N) is 4. The zero-order valence-electron chi connectivity index (χ0n) is 19.6. The molecule has 4 aromatic rings. The molecule has 0 unspecified atom stereocenters. The molecule has 0 bridgehead atoms. The quantitative estimate of drug-likeness (QED) is 0.414. The van der Waals surface area contributed by atoms with Crippen molar-refractivity contribution in [3.63, 3.8) is 0 Å². The van der Waals surface area contributed by atoms with Crippen LogP contribution in [0.2, 0.25) is 0 Å². The fourth-order valence-electron chi connectivity index (χ4n) is 4.15. The highest BCUT2D eigenvalue weighted by Crippen LogP contribution is 2.30. The number of hydrogen-bond acceptors (Lipinski definition) is 7. The number of hydrogen-bond donors (Lipinski definition) is 1. The lowest BCUT2D eigenvalue weighted by Crippen LogP contribution is -2.56. The number of aryl methyl sites for hydroxylation is 1. The first kappa shape index (κ1) is 23.9. The Morgan fingerprint density at radius 3 is 2.50 bits per heavy atom. The SMILES string of the molecule is Cc1cc(C(=O)N2CC[C@H]2C(=O)Nc2nc(-c3cccc(-c4ccncc4)c3)cs2)cn1S(C)(=O)=O. The summed E-state index contributed by atoms with van der Waals surface area (Å²) < 4.78 is 24.8. The molecule has 1 aromatic carbocycles. The van der Waals surface area contributed by atoms with Crippen LogP contribution in [-0.4, -0.2) is 57.9 Å². The summed E-state index contributed by atoms with van der Waals surface area (Å²) in [7, 11) is -3.51. The van der Waals surface area contributed by atoms with Crippen LogP contribution >= 0.6 is 11.3 Å². The number of aromatic nitrogens is 3. The van der Waals surface area contributed by atoms with Crippen LogP contribution < -0.4 is 5.32 Å². The molecular formula is C25H23N5O4S2. The number of carbonyl (C=O) groups excluding carboxylic acids is 2. The van der Waals surface area contributed by atoms with Gasteiger partial charge in [0.15, 0.2) is 5.13 Å². The predicted octanol–water partition coefficient (Wildman–Crippen LogP) is 3.64. The van der Waals surface area contributed by atoms with E-state index < -0.39 is 16.1 Å². The lowest BCUT2D eigenvalue weighted by atomic mass is 10.0. The Labute approximate surface area is 212 Å². The normalized spacial score (nSPS) is 15.4. The lowest BCUT2D eigenvalue weighted by Gasteiger charge is -2.39. The van der Waals surface area contributed by atoms with Gasteiger partial charge in [0.1, 0.15) is 6.04 Å². The van der Waals surface area contributed by atoms with Crippen LogP contribution in [0.1, 0.15) is 22.5 Å². The number of nitrogens with one attached hydrogen (secondary N) is 1. The summed E-state index contributed by atoms with van der Waals surface area (Å²) in [6.45, 7) is 2.04. The Morgan fingerprint density at radius 1 is 1.08 bits per heavy atom. The molecule has 1 aliphatic heterocycles. The summed E-state index contributed by atoms with van der Waals surface area (Å²) in [6, 6.07) is 12.7. The molecule has 0 aliphatic carbocycles. The second kappa shape index (κ2) is 9.32. The summed E-state index contributed by atoms with van der Waals surface area (Å²) in [5, 5.41) is 5.15. The molecule has 1 fully saturated rings. The van der Waals surface area contributed by atoms with Crippen LogP contribution in [0.15, 0.2) is 66.4 Å². The van der Waals surface area contributed by atoms with E-state index >= 15 is 0 Å². The first-order chi connectivity index (χ1) is 17.2. The zero-order chi connectivity index (χ0) is 25.4. The van der Waals surface area contributed by atoms with Crippen molar-refractivity contribution in [3.05, 3.63) is 77.7 Å². The molecule has 0 saturated carbocycles. The molecular weight excluding hydrogens is 498 g/mol. The third-order valence-electron chi connectivity index (χ3n) is 6.06. The Bertz CT molecular complexity index is 1560. The Hall–Kier alpha value is -3.83. The van der Waals surface area contributed by atoms with Crippen molar-refractivity contribution < 1.29 is 18.0 Å². The van der Waals surface area contributed by atoms with Gasteiger partial charge in [-0.15, -0.1) is 11.3 Å². The molecule has 184 valence electrons. The standard InChI is InChI=1S/C25H23N5O4S2/c1-16-12-20(14-30(16)36(2,33)34)24(32)29-11-8-22(29)23(31)28-25-27-21(15-35-25)19-5-3-4-18(13-19)17-6-9-26-10-7-17/h3-7,9-10,12-15,22H,8,11H2,1-2H3,(H,27,28,31)/t22-/m0/s1. The number of likely N-dealkylation sites (tertiary alicyclic amines) is 1. The van der Waals surface area contributed by atoms with E-state index in [1.165, 1.54) is 28.5 Å². The topological polar surface area (TPSA) is 114 Å². The number of thiazole rings is 1. The van der Waals surface area contributed by atoms with Gasteiger partial charge in [-0.3, -0.25) is 14.6 Å². The summed E-state index contributed by atoms with van der Waals surface area (Å²) in [5.74, 6) is -0.694. The summed E-state index contributed by atoms with van der Waals surface area (Å²) in [5.41, 5.74) is 4.42. The molecule has 3 aromatic heterocycles. The maximum absolute atomic E-state index is 12.9.